The van der Waals surface area contributed by atoms with Gasteiger partial charge in [0.25, 0.3) is 0 Å². The van der Waals surface area contributed by atoms with E-state index in [0.29, 0.717) is 32.5 Å². The van der Waals surface area contributed by atoms with Crippen LogP contribution in [0.4, 0.5) is 0 Å². The minimum absolute atomic E-state index is 0.101. The van der Waals surface area contributed by atoms with Crippen molar-refractivity contribution < 1.29 is 9.84 Å². The molecule has 0 spiro atoms. The molecule has 0 aliphatic rings. The molecule has 8 heterocycles. The molecule has 0 radical (unpaired) electrons. The molecule has 11 aromatic rings. The van der Waals surface area contributed by atoms with E-state index < -0.39 is 0 Å². The standard InChI is InChI=1S/C16H10ClN5O.C11H6Cl2N4.C7H6N2.C5H5NO.C4HCl3N2/c17-12-9-19-16(23-11-4-3-7-18-8-11)21-15(12)22-10-20-13-5-1-2-6-14(13)22;12-7-5-14-11(13)16-10(7)17-6-15-8-3-1-2-4-9(8)17;1-2-4-7-6(3-1)8-5-9-7;7-5-2-1-3-6-4-5;5-2-1-8-4(7)9-3(2)6/h1-10H;1-6H;1-5H,(H,8,9);1-4,7H;1H. The van der Waals surface area contributed by atoms with E-state index >= 15 is 0 Å². The van der Waals surface area contributed by atoms with Gasteiger partial charge in [-0.15, -0.1) is 0 Å². The molecule has 8 aromatic heterocycles. The van der Waals surface area contributed by atoms with Crippen molar-refractivity contribution in [3.63, 3.8) is 0 Å². The molecule has 3 aromatic carbocycles. The van der Waals surface area contributed by atoms with E-state index in [9.17, 15) is 0 Å². The Morgan fingerprint density at radius 1 is 0.492 bits per heavy atom. The van der Waals surface area contributed by atoms with Gasteiger partial charge in [0.15, 0.2) is 16.8 Å². The number of aromatic hydroxyl groups is 1. The van der Waals surface area contributed by atoms with Gasteiger partial charge in [0.1, 0.15) is 34.2 Å². The molecule has 0 amide bonds. The Labute approximate surface area is 398 Å². The number of hydrogen-bond donors (Lipinski definition) is 2. The lowest BCUT2D eigenvalue weighted by Gasteiger charge is -2.08. The first-order valence-electron chi connectivity index (χ1n) is 18.6. The van der Waals surface area contributed by atoms with Gasteiger partial charge in [-0.1, -0.05) is 82.8 Å². The Morgan fingerprint density at radius 2 is 1.05 bits per heavy atom. The van der Waals surface area contributed by atoms with Gasteiger partial charge < -0.3 is 14.8 Å². The first-order valence-corrected chi connectivity index (χ1v) is 20.8. The normalized spacial score (nSPS) is 10.4. The van der Waals surface area contributed by atoms with Crippen LogP contribution in [0.15, 0.2) is 159 Å². The molecule has 0 atom stereocenters. The number of halogens is 6. The molecule has 0 fully saturated rings. The highest BCUT2D eigenvalue weighted by molar-refractivity contribution is 6.41. The summed E-state index contributed by atoms with van der Waals surface area (Å²) in [6.45, 7) is 0. The number of nitrogens with one attached hydrogen (secondary N) is 1. The van der Waals surface area contributed by atoms with E-state index in [1.165, 1.54) is 24.8 Å². The Morgan fingerprint density at radius 3 is 1.60 bits per heavy atom. The predicted octanol–water partition coefficient (Wildman–Crippen LogP) is 11.6. The number of ether oxygens (including phenoxy) is 1. The number of aromatic amines is 1. The summed E-state index contributed by atoms with van der Waals surface area (Å²) in [6.07, 6.45) is 15.6. The summed E-state index contributed by atoms with van der Waals surface area (Å²) in [7, 11) is 0. The lowest BCUT2D eigenvalue weighted by atomic mass is 10.3. The van der Waals surface area contributed by atoms with E-state index in [4.69, 9.17) is 79.4 Å². The lowest BCUT2D eigenvalue weighted by Crippen LogP contribution is -2.01. The zero-order valence-corrected chi connectivity index (χ0v) is 37.5. The number of hydrogen-bond acceptors (Lipinski definition) is 13. The number of nitrogens with zero attached hydrogens (tertiary/aromatic N) is 13. The van der Waals surface area contributed by atoms with Gasteiger partial charge in [-0.2, -0.15) is 9.97 Å². The van der Waals surface area contributed by atoms with Crippen LogP contribution < -0.4 is 4.74 Å². The van der Waals surface area contributed by atoms with Gasteiger partial charge >= 0.3 is 6.01 Å². The quantitative estimate of drug-likeness (QED) is 0.125. The summed E-state index contributed by atoms with van der Waals surface area (Å²) in [6, 6.07) is 30.4. The van der Waals surface area contributed by atoms with Crippen molar-refractivity contribution in [3.05, 3.63) is 190 Å². The average Bonchev–Trinajstić information content (AvgIpc) is 4.10. The van der Waals surface area contributed by atoms with Crippen molar-refractivity contribution in [1.82, 2.24) is 68.9 Å². The average molecular weight is 986 g/mol. The minimum Gasteiger partial charge on any atom is -0.506 e. The number of fused-ring (bicyclic) bond motifs is 3. The molecule has 0 aliphatic carbocycles. The summed E-state index contributed by atoms with van der Waals surface area (Å²) in [5, 5.41) is 10.1. The second kappa shape index (κ2) is 22.5. The van der Waals surface area contributed by atoms with Crippen LogP contribution in [0, 0.1) is 0 Å². The van der Waals surface area contributed by atoms with E-state index in [1.807, 2.05) is 72.8 Å². The highest BCUT2D eigenvalue weighted by Gasteiger charge is 2.13. The molecular weight excluding hydrogens is 957 g/mol. The molecule has 16 nitrogen and oxygen atoms in total. The molecule has 0 unspecified atom stereocenters. The molecule has 0 saturated carbocycles. The monoisotopic (exact) mass is 982 g/mol. The van der Waals surface area contributed by atoms with E-state index in [0.717, 1.165) is 33.1 Å². The van der Waals surface area contributed by atoms with E-state index in [1.54, 1.807) is 71.0 Å². The van der Waals surface area contributed by atoms with Gasteiger partial charge in [-0.3, -0.25) is 19.1 Å². The van der Waals surface area contributed by atoms with Crippen LogP contribution >= 0.6 is 69.6 Å². The number of rotatable bonds is 4. The maximum atomic E-state index is 8.57. The minimum atomic E-state index is 0.101. The van der Waals surface area contributed by atoms with Gasteiger partial charge in [0.2, 0.25) is 10.6 Å². The molecule has 22 heteroatoms. The zero-order valence-electron chi connectivity index (χ0n) is 32.9. The third-order valence-corrected chi connectivity index (χ3v) is 9.81. The first-order chi connectivity index (χ1) is 31.6. The molecule has 11 rings (SSSR count). The second-order valence-electron chi connectivity index (χ2n) is 12.5. The predicted molar refractivity (Wildman–Crippen MR) is 252 cm³/mol. The van der Waals surface area contributed by atoms with Crippen molar-refractivity contribution in [2.24, 2.45) is 0 Å². The third-order valence-electron chi connectivity index (χ3n) is 8.25. The van der Waals surface area contributed by atoms with Crippen LogP contribution in [-0.2, 0) is 0 Å². The van der Waals surface area contributed by atoms with Crippen LogP contribution in [0.1, 0.15) is 0 Å². The Bertz CT molecular complexity index is 3240. The highest BCUT2D eigenvalue weighted by atomic mass is 35.5. The topological polar surface area (TPSA) is 197 Å². The molecule has 324 valence electrons. The van der Waals surface area contributed by atoms with Gasteiger partial charge in [-0.25, -0.2) is 34.9 Å². The van der Waals surface area contributed by atoms with Crippen molar-refractivity contribution >= 4 is 103 Å². The van der Waals surface area contributed by atoms with Crippen LogP contribution in [0.3, 0.4) is 0 Å². The summed E-state index contributed by atoms with van der Waals surface area (Å²) < 4.78 is 9.19. The van der Waals surface area contributed by atoms with Crippen LogP contribution in [-0.4, -0.2) is 74.0 Å². The zero-order chi connectivity index (χ0) is 45.5. The van der Waals surface area contributed by atoms with Gasteiger partial charge in [0, 0.05) is 12.4 Å². The summed E-state index contributed by atoms with van der Waals surface area (Å²) >= 11 is 34.3. The molecular formula is C43H28Cl6N14O2. The number of benzene rings is 3. The van der Waals surface area contributed by atoms with E-state index in [-0.39, 0.29) is 27.5 Å². The summed E-state index contributed by atoms with van der Waals surface area (Å²) in [5.41, 5.74) is 5.68. The maximum Gasteiger partial charge on any atom is 0.324 e. The molecule has 0 bridgehead atoms. The number of imidazole rings is 3. The molecule has 0 aliphatic heterocycles. The first kappa shape index (κ1) is 46.0. The molecule has 2 N–H and O–H groups in total. The van der Waals surface area contributed by atoms with E-state index in [2.05, 4.69) is 59.8 Å². The van der Waals surface area contributed by atoms with Crippen molar-refractivity contribution in [2.75, 3.05) is 0 Å². The highest BCUT2D eigenvalue weighted by Crippen LogP contribution is 2.26. The summed E-state index contributed by atoms with van der Waals surface area (Å²) in [5.74, 6) is 1.80. The second-order valence-corrected chi connectivity index (χ2v) is 14.8. The van der Waals surface area contributed by atoms with Gasteiger partial charge in [-0.05, 0) is 83.9 Å². The van der Waals surface area contributed by atoms with Crippen LogP contribution in [0.25, 0.3) is 44.7 Å². The van der Waals surface area contributed by atoms with Crippen molar-refractivity contribution in [2.45, 2.75) is 0 Å². The maximum absolute atomic E-state index is 8.57. The Kier molecular flexibility index (Phi) is 15.9. The fourth-order valence-corrected chi connectivity index (χ4v) is 6.29. The number of para-hydroxylation sites is 6. The Hall–Kier alpha value is -7.05. The smallest absolute Gasteiger partial charge is 0.324 e. The van der Waals surface area contributed by atoms with Crippen LogP contribution in [0.2, 0.25) is 30.8 Å². The largest absolute Gasteiger partial charge is 0.506 e. The van der Waals surface area contributed by atoms with Gasteiger partial charge in [0.05, 0.1) is 75.4 Å². The fraction of sp³-hybridized carbons (Fsp3) is 0. The van der Waals surface area contributed by atoms with Crippen molar-refractivity contribution in [1.29, 1.82) is 0 Å². The SMILES string of the molecule is Clc1cnc(Oc2cccnc2)nc1-n1cnc2ccccc21.Clc1ncc(Cl)c(-n2cnc3ccccc32)n1.Clc1ncc(Cl)c(Cl)n1.Oc1cccnc1.c1ccc2[nH]cnc2c1. The Balaban J connectivity index is 0.000000131. The lowest BCUT2D eigenvalue weighted by molar-refractivity contribution is 0.439. The van der Waals surface area contributed by atoms with Crippen molar-refractivity contribution in [3.8, 4) is 29.1 Å². The molecule has 65 heavy (non-hydrogen) atoms. The number of pyridine rings is 2. The fourth-order valence-electron chi connectivity index (χ4n) is 5.40. The third kappa shape index (κ3) is 12.6. The number of H-pyrrole nitrogens is 1. The van der Waals surface area contributed by atoms with Crippen LogP contribution in [0.5, 0.6) is 17.5 Å². The number of aromatic nitrogens is 14. The summed E-state index contributed by atoms with van der Waals surface area (Å²) in [4.78, 5) is 46.9. The molecule has 0 saturated heterocycles.